The van der Waals surface area contributed by atoms with Crippen LogP contribution in [0.25, 0.3) is 11.4 Å². The summed E-state index contributed by atoms with van der Waals surface area (Å²) in [7, 11) is 0. The molecule has 0 N–H and O–H groups in total. The maximum atomic E-state index is 6.53. The van der Waals surface area contributed by atoms with E-state index in [2.05, 4.69) is 121 Å². The van der Waals surface area contributed by atoms with E-state index in [0.717, 1.165) is 37.6 Å². The molecule has 0 aliphatic rings. The average molecular weight is 927 g/mol. The molecule has 0 amide bonds. The SMILES string of the molecule is CCCCCCCCCCCCCCCCCCOc1cc(C(C)C)c(-n2cc[n+](-c3c(C(C)C)cc(OCCCCCCCCCCCCCCCCCC)cc3C(C)C)c2)c(C(C)C)c1. The Kier molecular flexibility index (Phi) is 31.7. The van der Waals surface area contributed by atoms with Crippen molar-refractivity contribution in [3.05, 3.63) is 65.2 Å². The van der Waals surface area contributed by atoms with Gasteiger partial charge in [-0.3, -0.25) is 0 Å². The van der Waals surface area contributed by atoms with Crippen LogP contribution < -0.4 is 14.0 Å². The molecule has 0 aliphatic heterocycles. The Morgan fingerprint density at radius 1 is 0.373 bits per heavy atom. The normalized spacial score (nSPS) is 11.9. The fraction of sp³-hybridized carbons (Fsp3) is 0.762. The lowest BCUT2D eigenvalue weighted by Crippen LogP contribution is -2.32. The molecule has 0 saturated heterocycles. The molecule has 2 aromatic carbocycles. The van der Waals surface area contributed by atoms with Crippen LogP contribution in [0.3, 0.4) is 0 Å². The van der Waals surface area contributed by atoms with E-state index in [1.165, 1.54) is 226 Å². The zero-order valence-corrected chi connectivity index (χ0v) is 46.1. The Hall–Kier alpha value is -2.75. The van der Waals surface area contributed by atoms with Crippen molar-refractivity contribution in [2.75, 3.05) is 13.2 Å². The van der Waals surface area contributed by atoms with E-state index in [-0.39, 0.29) is 0 Å². The van der Waals surface area contributed by atoms with Crippen molar-refractivity contribution in [3.63, 3.8) is 0 Å². The van der Waals surface area contributed by atoms with Gasteiger partial charge in [-0.2, -0.15) is 0 Å². The molecule has 0 saturated carbocycles. The maximum Gasteiger partial charge on any atom is 0.254 e. The van der Waals surface area contributed by atoms with Crippen molar-refractivity contribution in [2.45, 2.75) is 298 Å². The van der Waals surface area contributed by atoms with E-state index in [1.54, 1.807) is 0 Å². The van der Waals surface area contributed by atoms with Crippen LogP contribution in [0.1, 0.15) is 321 Å². The number of unbranched alkanes of at least 4 members (excludes halogenated alkanes) is 30. The van der Waals surface area contributed by atoms with Crippen molar-refractivity contribution >= 4 is 0 Å². The van der Waals surface area contributed by atoms with E-state index in [4.69, 9.17) is 9.47 Å². The predicted molar refractivity (Wildman–Crippen MR) is 294 cm³/mol. The number of aromatic nitrogens is 2. The van der Waals surface area contributed by atoms with Gasteiger partial charge in [0.15, 0.2) is 0 Å². The summed E-state index contributed by atoms with van der Waals surface area (Å²) in [5.74, 6) is 3.51. The predicted octanol–water partition coefficient (Wildman–Crippen LogP) is 20.5. The van der Waals surface area contributed by atoms with E-state index in [9.17, 15) is 0 Å². The minimum absolute atomic E-state index is 0.366. The van der Waals surface area contributed by atoms with Crippen molar-refractivity contribution in [1.29, 1.82) is 0 Å². The van der Waals surface area contributed by atoms with E-state index >= 15 is 0 Å². The summed E-state index contributed by atoms with van der Waals surface area (Å²) in [5, 5.41) is 0. The van der Waals surface area contributed by atoms with Gasteiger partial charge in [-0.05, 0) is 60.8 Å². The molecule has 0 unspecified atom stereocenters. The average Bonchev–Trinajstić information content (AvgIpc) is 3.80. The van der Waals surface area contributed by atoms with Gasteiger partial charge in [0.05, 0.1) is 13.2 Å². The van der Waals surface area contributed by atoms with E-state index in [0.29, 0.717) is 23.7 Å². The van der Waals surface area contributed by atoms with Crippen molar-refractivity contribution < 1.29 is 14.0 Å². The zero-order valence-electron chi connectivity index (χ0n) is 46.1. The van der Waals surface area contributed by atoms with Crippen molar-refractivity contribution in [2.24, 2.45) is 0 Å². The summed E-state index contributed by atoms with van der Waals surface area (Å²) in [5.41, 5.74) is 8.00. The van der Waals surface area contributed by atoms with E-state index in [1.807, 2.05) is 0 Å². The molecular weight excluding hydrogens is 817 g/mol. The first-order chi connectivity index (χ1) is 32.6. The zero-order chi connectivity index (χ0) is 48.5. The molecule has 0 atom stereocenters. The van der Waals surface area contributed by atoms with Gasteiger partial charge in [0, 0.05) is 22.3 Å². The molecule has 0 bridgehead atoms. The lowest BCUT2D eigenvalue weighted by molar-refractivity contribution is -0.596. The number of imidazole rings is 1. The molecule has 0 spiro atoms. The van der Waals surface area contributed by atoms with Crippen LogP contribution in [0.5, 0.6) is 11.5 Å². The third-order valence-corrected chi connectivity index (χ3v) is 14.5. The first-order valence-corrected chi connectivity index (χ1v) is 29.3. The van der Waals surface area contributed by atoms with Crippen LogP contribution in [0.15, 0.2) is 43.0 Å². The van der Waals surface area contributed by atoms with Gasteiger partial charge < -0.3 is 9.47 Å². The summed E-state index contributed by atoms with van der Waals surface area (Å²) in [6.45, 7) is 24.8. The number of ether oxygens (including phenoxy) is 2. The highest BCUT2D eigenvalue weighted by Gasteiger charge is 2.26. The molecule has 3 rings (SSSR count). The van der Waals surface area contributed by atoms with Crippen LogP contribution >= 0.6 is 0 Å². The molecule has 1 aromatic heterocycles. The van der Waals surface area contributed by atoms with Crippen LogP contribution in [-0.4, -0.2) is 17.8 Å². The first kappa shape index (κ1) is 58.6. The monoisotopic (exact) mass is 926 g/mol. The maximum absolute atomic E-state index is 6.53. The van der Waals surface area contributed by atoms with Crippen molar-refractivity contribution in [3.8, 4) is 22.9 Å². The Balaban J connectivity index is 1.50. The fourth-order valence-corrected chi connectivity index (χ4v) is 10.1. The number of rotatable bonds is 42. The number of hydrogen-bond donors (Lipinski definition) is 0. The second-order valence-electron chi connectivity index (χ2n) is 22.1. The van der Waals surface area contributed by atoms with Gasteiger partial charge in [0.2, 0.25) is 0 Å². The highest BCUT2D eigenvalue weighted by atomic mass is 16.5. The number of nitrogens with zero attached hydrogens (tertiary/aromatic N) is 2. The van der Waals surface area contributed by atoms with Gasteiger partial charge in [0.1, 0.15) is 35.3 Å². The second-order valence-corrected chi connectivity index (χ2v) is 22.1. The summed E-state index contributed by atoms with van der Waals surface area (Å²) < 4.78 is 17.8. The van der Waals surface area contributed by atoms with Crippen LogP contribution in [0.2, 0.25) is 0 Å². The second kappa shape index (κ2) is 36.2. The van der Waals surface area contributed by atoms with Gasteiger partial charge in [-0.15, -0.1) is 0 Å². The quantitative estimate of drug-likeness (QED) is 0.0418. The third kappa shape index (κ3) is 23.6. The summed E-state index contributed by atoms with van der Waals surface area (Å²) in [6.07, 6.45) is 51.2. The topological polar surface area (TPSA) is 27.3 Å². The largest absolute Gasteiger partial charge is 0.494 e. The van der Waals surface area contributed by atoms with Crippen LogP contribution in [0, 0.1) is 0 Å². The van der Waals surface area contributed by atoms with Gasteiger partial charge in [0.25, 0.3) is 6.33 Å². The Morgan fingerprint density at radius 3 is 0.925 bits per heavy atom. The molecule has 0 aliphatic carbocycles. The lowest BCUT2D eigenvalue weighted by Gasteiger charge is -2.20. The van der Waals surface area contributed by atoms with Gasteiger partial charge in [-0.1, -0.05) is 262 Å². The molecular formula is C63H109N2O2+. The van der Waals surface area contributed by atoms with Crippen LogP contribution in [-0.2, 0) is 0 Å². The van der Waals surface area contributed by atoms with Crippen LogP contribution in [0.4, 0.5) is 0 Å². The summed E-state index contributed by atoms with van der Waals surface area (Å²) >= 11 is 0. The molecule has 382 valence electrons. The van der Waals surface area contributed by atoms with Crippen molar-refractivity contribution in [1.82, 2.24) is 4.57 Å². The molecule has 0 fully saturated rings. The smallest absolute Gasteiger partial charge is 0.254 e. The Labute approximate surface area is 416 Å². The third-order valence-electron chi connectivity index (χ3n) is 14.5. The minimum atomic E-state index is 0.366. The first-order valence-electron chi connectivity index (χ1n) is 29.3. The van der Waals surface area contributed by atoms with Gasteiger partial charge in [-0.25, -0.2) is 9.13 Å². The molecule has 3 aromatic rings. The molecule has 1 heterocycles. The van der Waals surface area contributed by atoms with E-state index < -0.39 is 0 Å². The molecule has 4 heteroatoms. The molecule has 4 nitrogen and oxygen atoms in total. The molecule has 0 radical (unpaired) electrons. The molecule has 67 heavy (non-hydrogen) atoms. The summed E-state index contributed by atoms with van der Waals surface area (Å²) in [4.78, 5) is 0. The Bertz CT molecular complexity index is 1490. The highest BCUT2D eigenvalue weighted by Crippen LogP contribution is 2.37. The highest BCUT2D eigenvalue weighted by molar-refractivity contribution is 5.55. The number of benzene rings is 2. The standard InChI is InChI=1S/C63H109N2O2/c1-11-13-15-17-19-21-23-25-27-29-31-33-35-37-39-41-45-66-56-47-58(52(3)4)62(59(48-56)53(5)6)64-43-44-65(51-64)63-60(54(7)8)49-57(50-61(63)55(9)10)67-46-42-40-38-36-34-32-30-28-26-24-22-20-18-16-14-12-2/h43-44,47-55H,11-42,45-46H2,1-10H3/q+1. The minimum Gasteiger partial charge on any atom is -0.494 e. The fourth-order valence-electron chi connectivity index (χ4n) is 10.1. The Morgan fingerprint density at radius 2 is 0.642 bits per heavy atom. The summed E-state index contributed by atoms with van der Waals surface area (Å²) in [6, 6.07) is 9.31. The van der Waals surface area contributed by atoms with Gasteiger partial charge >= 0.3 is 0 Å². The lowest BCUT2D eigenvalue weighted by atomic mass is 9.92. The number of hydrogen-bond acceptors (Lipinski definition) is 2.